The highest BCUT2D eigenvalue weighted by Crippen LogP contribution is 2.49. The number of likely N-dealkylation sites (tertiary alicyclic amines) is 1. The van der Waals surface area contributed by atoms with Crippen LogP contribution >= 0.6 is 0 Å². The van der Waals surface area contributed by atoms with Crippen molar-refractivity contribution in [2.45, 2.75) is 51.1 Å². The number of hydrogen-bond donors (Lipinski definition) is 1. The Morgan fingerprint density at radius 2 is 2.09 bits per heavy atom. The summed E-state index contributed by atoms with van der Waals surface area (Å²) in [6.07, 6.45) is 12.0. The first-order valence-electron chi connectivity index (χ1n) is 9.73. The van der Waals surface area contributed by atoms with Crippen LogP contribution in [0.25, 0.3) is 0 Å². The molecule has 0 radical (unpaired) electrons. The van der Waals surface area contributed by atoms with Crippen LogP contribution in [0.15, 0.2) is 23.4 Å². The summed E-state index contributed by atoms with van der Waals surface area (Å²) in [5.41, 5.74) is 3.18. The summed E-state index contributed by atoms with van der Waals surface area (Å²) in [6.45, 7) is 4.81. The van der Waals surface area contributed by atoms with Crippen LogP contribution in [-0.4, -0.2) is 37.3 Å². The maximum Gasteiger partial charge on any atom is 0.104 e. The Hall–Kier alpha value is -0.830. The molecule has 2 heterocycles. The number of halogens is 1. The maximum absolute atomic E-state index is 13.9. The summed E-state index contributed by atoms with van der Waals surface area (Å²) >= 11 is 0. The molecular weight excluding hydrogens is 287 g/mol. The predicted molar refractivity (Wildman–Crippen MR) is 90.7 cm³/mol. The Balaban J connectivity index is 1.23. The molecule has 126 valence electrons. The summed E-state index contributed by atoms with van der Waals surface area (Å²) in [6, 6.07) is 0. The zero-order chi connectivity index (χ0) is 15.4. The fourth-order valence-corrected chi connectivity index (χ4v) is 6.09. The van der Waals surface area contributed by atoms with Gasteiger partial charge in [-0.15, -0.1) is 0 Å². The SMILES string of the molecule is FC1CCC2=C(C1)C1(CCN(CC3CC4C=CC3C4)CC1)CN2. The van der Waals surface area contributed by atoms with Crippen LogP contribution in [0.4, 0.5) is 4.39 Å². The molecule has 2 aliphatic heterocycles. The van der Waals surface area contributed by atoms with Crippen molar-refractivity contribution in [1.82, 2.24) is 10.2 Å². The molecule has 4 atom stereocenters. The van der Waals surface area contributed by atoms with Gasteiger partial charge in [0, 0.05) is 30.6 Å². The predicted octanol–water partition coefficient (Wildman–Crippen LogP) is 3.66. The van der Waals surface area contributed by atoms with Gasteiger partial charge in [-0.3, -0.25) is 0 Å². The van der Waals surface area contributed by atoms with E-state index in [0.717, 1.165) is 37.1 Å². The van der Waals surface area contributed by atoms with Crippen LogP contribution in [0, 0.1) is 23.2 Å². The average Bonchev–Trinajstić information content (AvgIpc) is 3.25. The van der Waals surface area contributed by atoms with Gasteiger partial charge in [0.2, 0.25) is 0 Å². The van der Waals surface area contributed by atoms with Gasteiger partial charge >= 0.3 is 0 Å². The first-order valence-corrected chi connectivity index (χ1v) is 9.73. The van der Waals surface area contributed by atoms with Crippen molar-refractivity contribution in [3.63, 3.8) is 0 Å². The summed E-state index contributed by atoms with van der Waals surface area (Å²) in [5.74, 6) is 2.65. The van der Waals surface area contributed by atoms with Crippen molar-refractivity contribution < 1.29 is 4.39 Å². The first-order chi connectivity index (χ1) is 11.2. The fraction of sp³-hybridized carbons (Fsp3) is 0.800. The van der Waals surface area contributed by atoms with Crippen molar-refractivity contribution in [2.24, 2.45) is 23.2 Å². The van der Waals surface area contributed by atoms with Crippen LogP contribution in [0.1, 0.15) is 44.9 Å². The van der Waals surface area contributed by atoms with Gasteiger partial charge in [0.25, 0.3) is 0 Å². The molecule has 3 aliphatic carbocycles. The molecule has 0 aromatic heterocycles. The van der Waals surface area contributed by atoms with Crippen molar-refractivity contribution >= 4 is 0 Å². The van der Waals surface area contributed by atoms with E-state index in [0.29, 0.717) is 11.8 Å². The topological polar surface area (TPSA) is 15.3 Å². The van der Waals surface area contributed by atoms with Crippen molar-refractivity contribution in [3.8, 4) is 0 Å². The van der Waals surface area contributed by atoms with Gasteiger partial charge in [-0.05, 0) is 74.9 Å². The number of hydrogen-bond acceptors (Lipinski definition) is 2. The summed E-state index contributed by atoms with van der Waals surface area (Å²) in [7, 11) is 0. The first kappa shape index (κ1) is 14.5. The van der Waals surface area contributed by atoms with E-state index in [1.54, 1.807) is 0 Å². The van der Waals surface area contributed by atoms with Crippen molar-refractivity contribution in [1.29, 1.82) is 0 Å². The van der Waals surface area contributed by atoms with Crippen LogP contribution in [-0.2, 0) is 0 Å². The Bertz CT molecular complexity index is 544. The highest BCUT2D eigenvalue weighted by molar-refractivity contribution is 5.31. The summed E-state index contributed by atoms with van der Waals surface area (Å²) < 4.78 is 13.9. The molecule has 2 bridgehead atoms. The molecule has 0 aromatic rings. The summed E-state index contributed by atoms with van der Waals surface area (Å²) in [5, 5.41) is 3.63. The van der Waals surface area contributed by atoms with E-state index in [4.69, 9.17) is 0 Å². The minimum absolute atomic E-state index is 0.297. The number of rotatable bonds is 2. The summed E-state index contributed by atoms with van der Waals surface area (Å²) in [4.78, 5) is 2.71. The lowest BCUT2D eigenvalue weighted by atomic mass is 9.70. The Morgan fingerprint density at radius 1 is 1.22 bits per heavy atom. The van der Waals surface area contributed by atoms with Gasteiger partial charge in [-0.2, -0.15) is 0 Å². The van der Waals surface area contributed by atoms with Gasteiger partial charge < -0.3 is 10.2 Å². The maximum atomic E-state index is 13.9. The van der Waals surface area contributed by atoms with E-state index in [-0.39, 0.29) is 0 Å². The van der Waals surface area contributed by atoms with Crippen LogP contribution in [0.2, 0.25) is 0 Å². The molecule has 1 saturated heterocycles. The van der Waals surface area contributed by atoms with Gasteiger partial charge in [-0.1, -0.05) is 12.2 Å². The number of nitrogens with zero attached hydrogens (tertiary/aromatic N) is 1. The molecule has 5 aliphatic rings. The molecule has 0 aromatic carbocycles. The van der Waals surface area contributed by atoms with Crippen LogP contribution in [0.5, 0.6) is 0 Å². The standard InChI is InChI=1S/C20H29FN2/c21-17-3-4-19-18(11-17)20(13-22-19)5-7-23(8-6-20)12-16-10-14-1-2-15(16)9-14/h1-2,14-17,22H,3-13H2. The second-order valence-electron chi connectivity index (χ2n) is 8.77. The fourth-order valence-electron chi connectivity index (χ4n) is 6.09. The van der Waals surface area contributed by atoms with E-state index in [1.807, 2.05) is 0 Å². The smallest absolute Gasteiger partial charge is 0.104 e. The van der Waals surface area contributed by atoms with Gasteiger partial charge in [0.1, 0.15) is 6.17 Å². The Morgan fingerprint density at radius 3 is 2.83 bits per heavy atom. The largest absolute Gasteiger partial charge is 0.387 e. The van der Waals surface area contributed by atoms with Gasteiger partial charge in [0.05, 0.1) is 0 Å². The Labute approximate surface area is 139 Å². The monoisotopic (exact) mass is 316 g/mol. The highest BCUT2D eigenvalue weighted by Gasteiger charge is 2.45. The molecule has 23 heavy (non-hydrogen) atoms. The zero-order valence-electron chi connectivity index (χ0n) is 14.1. The number of allylic oxidation sites excluding steroid dienone is 3. The third-order valence-electron chi connectivity index (χ3n) is 7.50. The minimum Gasteiger partial charge on any atom is -0.387 e. The average molecular weight is 316 g/mol. The molecule has 0 amide bonds. The molecule has 4 unspecified atom stereocenters. The normalized spacial score (nSPS) is 41.6. The lowest BCUT2D eigenvalue weighted by Crippen LogP contribution is -2.45. The zero-order valence-corrected chi connectivity index (χ0v) is 14.1. The number of piperidine rings is 1. The lowest BCUT2D eigenvalue weighted by Gasteiger charge is -2.42. The van der Waals surface area contributed by atoms with E-state index >= 15 is 0 Å². The number of fused-ring (bicyclic) bond motifs is 3. The quantitative estimate of drug-likeness (QED) is 0.782. The van der Waals surface area contributed by atoms with Gasteiger partial charge in [-0.25, -0.2) is 4.39 Å². The van der Waals surface area contributed by atoms with Gasteiger partial charge in [0.15, 0.2) is 0 Å². The van der Waals surface area contributed by atoms with E-state index in [1.165, 1.54) is 56.6 Å². The van der Waals surface area contributed by atoms with E-state index in [2.05, 4.69) is 22.4 Å². The minimum atomic E-state index is -0.593. The van der Waals surface area contributed by atoms with E-state index in [9.17, 15) is 4.39 Å². The highest BCUT2D eigenvalue weighted by atomic mass is 19.1. The molecule has 1 saturated carbocycles. The molecule has 1 spiro atoms. The molecule has 3 heteroatoms. The van der Waals surface area contributed by atoms with Crippen LogP contribution in [0.3, 0.4) is 0 Å². The lowest BCUT2D eigenvalue weighted by molar-refractivity contribution is 0.112. The van der Waals surface area contributed by atoms with Crippen LogP contribution < -0.4 is 5.32 Å². The van der Waals surface area contributed by atoms with E-state index < -0.39 is 6.17 Å². The third-order valence-corrected chi connectivity index (χ3v) is 7.50. The second kappa shape index (κ2) is 5.34. The molecule has 2 fully saturated rings. The molecule has 5 rings (SSSR count). The number of nitrogens with one attached hydrogen (secondary N) is 1. The molecular formula is C20H29FN2. The third kappa shape index (κ3) is 2.38. The molecule has 1 N–H and O–H groups in total. The van der Waals surface area contributed by atoms with Crippen molar-refractivity contribution in [3.05, 3.63) is 23.4 Å². The molecule has 2 nitrogen and oxygen atoms in total. The number of alkyl halides is 1. The van der Waals surface area contributed by atoms with Crippen molar-refractivity contribution in [2.75, 3.05) is 26.2 Å². The second-order valence-corrected chi connectivity index (χ2v) is 8.77. The Kier molecular flexibility index (Phi) is 3.37.